The van der Waals surface area contributed by atoms with Crippen LogP contribution in [0.4, 0.5) is 10.6 Å². The smallest absolute Gasteiger partial charge is 0.410 e. The van der Waals surface area contributed by atoms with Gasteiger partial charge in [-0.2, -0.15) is 0 Å². The van der Waals surface area contributed by atoms with Gasteiger partial charge >= 0.3 is 6.09 Å². The number of carbonyl (C=O) groups is 2. The van der Waals surface area contributed by atoms with E-state index in [9.17, 15) is 9.59 Å². The summed E-state index contributed by atoms with van der Waals surface area (Å²) >= 11 is 0. The Morgan fingerprint density at radius 3 is 2.95 bits per heavy atom. The van der Waals surface area contributed by atoms with E-state index in [1.54, 1.807) is 11.2 Å². The molecule has 1 spiro atoms. The van der Waals surface area contributed by atoms with Crippen molar-refractivity contribution in [2.24, 2.45) is 17.3 Å². The van der Waals surface area contributed by atoms with Crippen molar-refractivity contribution in [2.75, 3.05) is 31.1 Å². The van der Waals surface area contributed by atoms with Crippen molar-refractivity contribution in [3.05, 3.63) is 40.7 Å². The molecule has 200 valence electrons. The van der Waals surface area contributed by atoms with E-state index in [1.807, 2.05) is 20.8 Å². The Labute approximate surface area is 221 Å². The number of nitrogens with zero attached hydrogens (tertiary/aromatic N) is 5. The fourth-order valence-corrected chi connectivity index (χ4v) is 6.59. The van der Waals surface area contributed by atoms with Gasteiger partial charge in [-0.05, 0) is 51.9 Å². The van der Waals surface area contributed by atoms with E-state index in [2.05, 4.69) is 37.5 Å². The van der Waals surface area contributed by atoms with Crippen molar-refractivity contribution in [3.63, 3.8) is 0 Å². The third-order valence-electron chi connectivity index (χ3n) is 8.84. The van der Waals surface area contributed by atoms with E-state index < -0.39 is 5.60 Å². The van der Waals surface area contributed by atoms with Crippen molar-refractivity contribution in [1.29, 1.82) is 0 Å². The van der Waals surface area contributed by atoms with Gasteiger partial charge in [0.15, 0.2) is 5.69 Å². The first-order valence-electron chi connectivity index (χ1n) is 13.8. The predicted molar refractivity (Wildman–Crippen MR) is 138 cm³/mol. The van der Waals surface area contributed by atoms with Crippen molar-refractivity contribution in [1.82, 2.24) is 25.3 Å². The van der Waals surface area contributed by atoms with Crippen LogP contribution in [-0.4, -0.2) is 63.8 Å². The van der Waals surface area contributed by atoms with Crippen LogP contribution < -0.4 is 10.2 Å². The summed E-state index contributed by atoms with van der Waals surface area (Å²) < 4.78 is 11.0. The molecule has 1 N–H and O–H groups in total. The SMILES string of the molecule is CC(C)(C)OC(=O)N1CCC(CCNC(=O)c2noc3c2CN(c2ncnc4c2C=CC25CC2C45)CC3)C1. The van der Waals surface area contributed by atoms with Crippen molar-refractivity contribution < 1.29 is 18.8 Å². The van der Waals surface area contributed by atoms with Gasteiger partial charge in [0.2, 0.25) is 0 Å². The second kappa shape index (κ2) is 8.28. The largest absolute Gasteiger partial charge is 0.444 e. The minimum absolute atomic E-state index is 0.219. The zero-order valence-corrected chi connectivity index (χ0v) is 22.2. The van der Waals surface area contributed by atoms with Crippen LogP contribution >= 0.6 is 0 Å². The van der Waals surface area contributed by atoms with Crippen LogP contribution in [0.2, 0.25) is 0 Å². The van der Waals surface area contributed by atoms with Gasteiger partial charge in [0.1, 0.15) is 23.5 Å². The summed E-state index contributed by atoms with van der Waals surface area (Å²) in [5, 5.41) is 7.15. The van der Waals surface area contributed by atoms with Crippen LogP contribution in [0.3, 0.4) is 0 Å². The van der Waals surface area contributed by atoms with Gasteiger partial charge in [-0.3, -0.25) is 4.79 Å². The highest BCUT2D eigenvalue weighted by Gasteiger charge is 2.79. The normalized spacial score (nSPS) is 28.2. The van der Waals surface area contributed by atoms with Gasteiger partial charge in [-0.15, -0.1) is 0 Å². The number of nitrogens with one attached hydrogen (secondary N) is 1. The number of likely N-dealkylation sites (tertiary alicyclic amines) is 1. The van der Waals surface area contributed by atoms with E-state index in [1.165, 1.54) is 12.1 Å². The molecule has 4 atom stereocenters. The first-order valence-corrected chi connectivity index (χ1v) is 13.8. The number of carbonyl (C=O) groups excluding carboxylic acids is 2. The first-order chi connectivity index (χ1) is 18.2. The lowest BCUT2D eigenvalue weighted by atomic mass is 9.92. The van der Waals surface area contributed by atoms with E-state index in [4.69, 9.17) is 9.26 Å². The van der Waals surface area contributed by atoms with Crippen LogP contribution in [0.1, 0.15) is 79.0 Å². The van der Waals surface area contributed by atoms with Crippen LogP contribution in [0.5, 0.6) is 0 Å². The molecule has 4 unspecified atom stereocenters. The average molecular weight is 519 g/mol. The Kier molecular flexibility index (Phi) is 5.16. The number of anilines is 1. The van der Waals surface area contributed by atoms with Crippen molar-refractivity contribution in [2.45, 2.75) is 64.5 Å². The monoisotopic (exact) mass is 518 g/mol. The maximum absolute atomic E-state index is 13.1. The number of hydrogen-bond acceptors (Lipinski definition) is 8. The molecule has 2 aromatic rings. The maximum Gasteiger partial charge on any atom is 0.410 e. The minimum Gasteiger partial charge on any atom is -0.444 e. The fraction of sp³-hybridized carbons (Fsp3) is 0.607. The number of allylic oxidation sites excluding steroid dienone is 1. The standard InChI is InChI=1S/C28H34N6O4/c1-27(2,3)37-26(36)34-10-6-16(13-34)5-9-29-25(35)23-18-14-33(11-7-20(18)38-32-23)24-17-4-8-28-12-19(28)21(28)22(17)30-15-31-24/h4,8,15-16,19,21H,5-7,9-14H2,1-3H3,(H,29,35). The molecule has 0 radical (unpaired) electrons. The van der Waals surface area contributed by atoms with Crippen LogP contribution in [0, 0.1) is 17.3 Å². The summed E-state index contributed by atoms with van der Waals surface area (Å²) in [7, 11) is 0. The van der Waals surface area contributed by atoms with Gasteiger partial charge in [-0.1, -0.05) is 17.3 Å². The molecule has 0 bridgehead atoms. The van der Waals surface area contributed by atoms with E-state index in [0.29, 0.717) is 55.5 Å². The molecule has 0 aromatic carbocycles. The van der Waals surface area contributed by atoms with Crippen molar-refractivity contribution >= 4 is 23.9 Å². The van der Waals surface area contributed by atoms with Gasteiger partial charge in [0.25, 0.3) is 5.91 Å². The molecule has 3 aliphatic carbocycles. The third-order valence-corrected chi connectivity index (χ3v) is 8.84. The Hall–Kier alpha value is -3.43. The summed E-state index contributed by atoms with van der Waals surface area (Å²) in [5.41, 5.74) is 3.40. The predicted octanol–water partition coefficient (Wildman–Crippen LogP) is 3.53. The summed E-state index contributed by atoms with van der Waals surface area (Å²) in [4.78, 5) is 38.7. The first kappa shape index (κ1) is 23.7. The van der Waals surface area contributed by atoms with Crippen LogP contribution in [-0.2, 0) is 17.7 Å². The molecule has 10 nitrogen and oxygen atoms in total. The van der Waals surface area contributed by atoms with E-state index in [-0.39, 0.29) is 12.0 Å². The minimum atomic E-state index is -0.501. The van der Waals surface area contributed by atoms with E-state index >= 15 is 0 Å². The summed E-state index contributed by atoms with van der Waals surface area (Å²) in [6.45, 7) is 8.77. The lowest BCUT2D eigenvalue weighted by Crippen LogP contribution is -2.35. The lowest BCUT2D eigenvalue weighted by molar-refractivity contribution is 0.0287. The average Bonchev–Trinajstić information content (AvgIpc) is 3.55. The molecular formula is C28H34N6O4. The molecule has 2 aromatic heterocycles. The highest BCUT2D eigenvalue weighted by molar-refractivity contribution is 5.94. The Balaban J connectivity index is 0.968. The number of rotatable bonds is 5. The molecular weight excluding hydrogens is 484 g/mol. The van der Waals surface area contributed by atoms with E-state index in [0.717, 1.165) is 48.0 Å². The van der Waals surface area contributed by atoms with Gasteiger partial charge in [-0.25, -0.2) is 14.8 Å². The maximum atomic E-state index is 13.1. The zero-order valence-electron chi connectivity index (χ0n) is 22.2. The third kappa shape index (κ3) is 3.87. The molecule has 10 heteroatoms. The van der Waals surface area contributed by atoms with Gasteiger partial charge in [0.05, 0.1) is 12.2 Å². The number of aromatic nitrogens is 3. The zero-order chi connectivity index (χ0) is 26.2. The molecule has 2 amide bonds. The molecule has 1 saturated heterocycles. The van der Waals surface area contributed by atoms with Crippen molar-refractivity contribution in [3.8, 4) is 0 Å². The second-order valence-electron chi connectivity index (χ2n) is 12.5. The molecule has 2 aliphatic heterocycles. The number of hydrogen-bond donors (Lipinski definition) is 1. The Morgan fingerprint density at radius 1 is 1.26 bits per heavy atom. The number of ether oxygens (including phenoxy) is 1. The van der Waals surface area contributed by atoms with Crippen LogP contribution in [0.15, 0.2) is 16.9 Å². The van der Waals surface area contributed by atoms with Crippen LogP contribution in [0.25, 0.3) is 6.08 Å². The molecule has 7 rings (SSSR count). The quantitative estimate of drug-likeness (QED) is 0.640. The second-order valence-corrected chi connectivity index (χ2v) is 12.5. The molecule has 4 heterocycles. The lowest BCUT2D eigenvalue weighted by Gasteiger charge is -2.30. The fourth-order valence-electron chi connectivity index (χ4n) is 6.59. The molecule has 2 saturated carbocycles. The number of amides is 2. The highest BCUT2D eigenvalue weighted by atomic mass is 16.6. The molecule has 5 aliphatic rings. The summed E-state index contributed by atoms with van der Waals surface area (Å²) in [5.74, 6) is 3.16. The Bertz CT molecular complexity index is 1350. The summed E-state index contributed by atoms with van der Waals surface area (Å²) in [6.07, 6.45) is 9.66. The van der Waals surface area contributed by atoms with Gasteiger partial charge < -0.3 is 24.4 Å². The van der Waals surface area contributed by atoms with Gasteiger partial charge in [0, 0.05) is 55.1 Å². The summed E-state index contributed by atoms with van der Waals surface area (Å²) in [6, 6.07) is 0. The highest BCUT2D eigenvalue weighted by Crippen LogP contribution is 2.86. The number of fused-ring (bicyclic) bond motifs is 4. The Morgan fingerprint density at radius 2 is 2.13 bits per heavy atom. The topological polar surface area (TPSA) is 114 Å². The molecule has 38 heavy (non-hydrogen) atoms. The molecule has 3 fully saturated rings.